The van der Waals surface area contributed by atoms with Crippen molar-refractivity contribution in [3.63, 3.8) is 0 Å². The van der Waals surface area contributed by atoms with Crippen LogP contribution in [0.3, 0.4) is 0 Å². The Bertz CT molecular complexity index is 2930. The molecule has 0 bridgehead atoms. The fraction of sp³-hybridized carbons (Fsp3) is 0.638. The molecule has 25 N–H and O–H groups in total. The summed E-state index contributed by atoms with van der Waals surface area (Å²) in [6, 6.07) is -13.2. The van der Waals surface area contributed by atoms with Crippen LogP contribution in [-0.2, 0) is 73.5 Å². The van der Waals surface area contributed by atoms with E-state index in [-0.39, 0.29) is 82.2 Å². The minimum absolute atomic E-state index is 0.00521. The summed E-state index contributed by atoms with van der Waals surface area (Å²) in [4.78, 5) is 194. The number of aliphatic hydroxyl groups excluding tert-OH is 4. The van der Waals surface area contributed by atoms with Crippen molar-refractivity contribution < 1.29 is 97.8 Å². The van der Waals surface area contributed by atoms with Crippen LogP contribution < -0.4 is 76.5 Å². The molecule has 2 saturated heterocycles. The van der Waals surface area contributed by atoms with Crippen LogP contribution in [0.1, 0.15) is 111 Å². The van der Waals surface area contributed by atoms with Crippen molar-refractivity contribution in [2.45, 2.75) is 203 Å². The SMILES string of the molecule is CC(C)C[C@H](NC(=O)[C@H](CC(N)=O)NC(=O)[C@@H](N)Cc1ccc(O)cc1)C(=O)N[C@@H](CCC(N)=O)C(=O)N1CCC[C@H]1C(=O)N[C@H](C(=O)N[C@H](C(=O)N[C@@H](CO)C(=O)N[C@@H](C)C(=O)N[C@@H](CCCN=C(N)N)C(=O)N1CCC[C@H]1C(=O)N[C@H](C(=O)O)[C@@H](C)O)[C@@H](C)O)[C@@H](C)O. The predicted octanol–water partition coefficient (Wildman–Crippen LogP) is -8.91. The van der Waals surface area contributed by atoms with Crippen molar-refractivity contribution in [2.24, 2.45) is 39.6 Å². The summed E-state index contributed by atoms with van der Waals surface area (Å²) >= 11 is 0. The molecule has 1 aromatic carbocycles. The van der Waals surface area contributed by atoms with Crippen LogP contribution in [0.2, 0.25) is 0 Å². The van der Waals surface area contributed by atoms with E-state index in [1.54, 1.807) is 13.8 Å². The number of phenolic OH excluding ortho intramolecular Hbond substituents is 1. The summed E-state index contributed by atoms with van der Waals surface area (Å²) in [6.45, 7) is 6.58. The van der Waals surface area contributed by atoms with Gasteiger partial charge in [0.1, 0.15) is 66.2 Å². The number of rotatable bonds is 38. The van der Waals surface area contributed by atoms with Gasteiger partial charge < -0.3 is 117 Å². The molecule has 0 aromatic heterocycles. The van der Waals surface area contributed by atoms with Crippen LogP contribution in [0.4, 0.5) is 0 Å². The first-order chi connectivity index (χ1) is 44.5. The number of hydrogen-bond donors (Lipinski definition) is 20. The zero-order chi connectivity index (χ0) is 71.7. The van der Waals surface area contributed by atoms with Crippen molar-refractivity contribution in [3.8, 4) is 5.75 Å². The maximum absolute atomic E-state index is 14.4. The zero-order valence-electron chi connectivity index (χ0n) is 53.8. The Morgan fingerprint density at radius 1 is 0.547 bits per heavy atom. The molecule has 3 rings (SSSR count). The van der Waals surface area contributed by atoms with E-state index in [2.05, 4.69) is 52.8 Å². The zero-order valence-corrected chi connectivity index (χ0v) is 53.8. The second-order valence-corrected chi connectivity index (χ2v) is 23.8. The molecule has 2 fully saturated rings. The Balaban J connectivity index is 1.76. The number of phenols is 1. The van der Waals surface area contributed by atoms with Crippen LogP contribution in [0.5, 0.6) is 5.75 Å². The lowest BCUT2D eigenvalue weighted by molar-refractivity contribution is -0.147. The summed E-state index contributed by atoms with van der Waals surface area (Å²) < 4.78 is 0. The number of benzene rings is 1. The average Bonchev–Trinajstić information content (AvgIpc) is 1.77. The number of carbonyl (C=O) groups excluding carboxylic acids is 13. The van der Waals surface area contributed by atoms with Gasteiger partial charge in [0.2, 0.25) is 76.8 Å². The lowest BCUT2D eigenvalue weighted by Crippen LogP contribution is -2.63. The third-order valence-corrected chi connectivity index (χ3v) is 15.4. The lowest BCUT2D eigenvalue weighted by atomic mass is 10.0. The van der Waals surface area contributed by atoms with Crippen molar-refractivity contribution >= 4 is 88.7 Å². The Labute approximate surface area is 546 Å². The quantitative estimate of drug-likeness (QED) is 0.0166. The van der Waals surface area contributed by atoms with Gasteiger partial charge in [0.25, 0.3) is 0 Å². The molecule has 2 aliphatic rings. The Morgan fingerprint density at radius 2 is 1.00 bits per heavy atom. The Kier molecular flexibility index (Phi) is 32.1. The maximum atomic E-state index is 14.4. The van der Waals surface area contributed by atoms with Crippen LogP contribution >= 0.6 is 0 Å². The van der Waals surface area contributed by atoms with Crippen LogP contribution in [0.15, 0.2) is 29.3 Å². The van der Waals surface area contributed by atoms with Gasteiger partial charge in [-0.2, -0.15) is 0 Å². The number of aromatic hydroxyl groups is 1. The molecule has 37 nitrogen and oxygen atoms in total. The average molecular weight is 1350 g/mol. The third kappa shape index (κ3) is 25.5. The molecule has 1 aromatic rings. The maximum Gasteiger partial charge on any atom is 0.328 e. The number of hydrogen-bond acceptors (Lipinski definition) is 21. The summed E-state index contributed by atoms with van der Waals surface area (Å²) in [7, 11) is 0. The van der Waals surface area contributed by atoms with E-state index in [1.807, 2.05) is 0 Å². The predicted molar refractivity (Wildman–Crippen MR) is 334 cm³/mol. The summed E-state index contributed by atoms with van der Waals surface area (Å²) in [6.07, 6.45) is -6.30. The molecular formula is C58H93N17O20. The molecule has 530 valence electrons. The van der Waals surface area contributed by atoms with Gasteiger partial charge in [-0.15, -0.1) is 0 Å². The smallest absolute Gasteiger partial charge is 0.328 e. The molecule has 13 amide bonds. The molecule has 0 aliphatic carbocycles. The van der Waals surface area contributed by atoms with E-state index in [4.69, 9.17) is 28.7 Å². The third-order valence-electron chi connectivity index (χ3n) is 15.4. The number of guanidine groups is 1. The van der Waals surface area contributed by atoms with Gasteiger partial charge in [0.15, 0.2) is 12.0 Å². The molecule has 0 spiro atoms. The van der Waals surface area contributed by atoms with E-state index < -0.39 is 199 Å². The van der Waals surface area contributed by atoms with Crippen molar-refractivity contribution in [3.05, 3.63) is 29.8 Å². The summed E-state index contributed by atoms with van der Waals surface area (Å²) in [5, 5.41) is 81.9. The number of nitrogens with zero attached hydrogens (tertiary/aromatic N) is 3. The normalized spacial score (nSPS) is 18.5. The first-order valence-electron chi connectivity index (χ1n) is 30.9. The van der Waals surface area contributed by atoms with Crippen molar-refractivity contribution in [1.82, 2.24) is 57.7 Å². The molecule has 2 heterocycles. The highest BCUT2D eigenvalue weighted by Gasteiger charge is 2.43. The molecule has 37 heteroatoms. The van der Waals surface area contributed by atoms with Gasteiger partial charge in [-0.3, -0.25) is 67.3 Å². The van der Waals surface area contributed by atoms with Crippen LogP contribution in [0.25, 0.3) is 0 Å². The number of nitrogens with two attached hydrogens (primary N) is 5. The first kappa shape index (κ1) is 79.9. The molecule has 0 saturated carbocycles. The van der Waals surface area contributed by atoms with E-state index in [0.29, 0.717) is 12.0 Å². The fourth-order valence-corrected chi connectivity index (χ4v) is 10.3. The lowest BCUT2D eigenvalue weighted by Gasteiger charge is -2.32. The van der Waals surface area contributed by atoms with Crippen LogP contribution in [0, 0.1) is 5.92 Å². The van der Waals surface area contributed by atoms with E-state index in [1.165, 1.54) is 31.2 Å². The molecule has 2 aliphatic heterocycles. The molecule has 95 heavy (non-hydrogen) atoms. The molecule has 15 atom stereocenters. The topological polar surface area (TPSA) is 618 Å². The Morgan fingerprint density at radius 3 is 1.48 bits per heavy atom. The van der Waals surface area contributed by atoms with Gasteiger partial charge in [0.05, 0.1) is 37.4 Å². The highest BCUT2D eigenvalue weighted by molar-refractivity contribution is 6.00. The van der Waals surface area contributed by atoms with Gasteiger partial charge in [-0.25, -0.2) is 4.79 Å². The number of carbonyl (C=O) groups is 14. The van der Waals surface area contributed by atoms with Gasteiger partial charge in [0, 0.05) is 26.1 Å². The number of nitrogens with one attached hydrogen (secondary N) is 9. The highest BCUT2D eigenvalue weighted by Crippen LogP contribution is 2.23. The number of carboxylic acids is 1. The standard InChI is InChI=1S/C58H93N17O20/c1-26(2)22-36(69-49(86)37(24-42(61)82)68-47(84)33(59)23-31-13-15-32(80)16-14-31)48(85)67-35(17-18-41(60)81)56(93)75-21-8-11-39(75)51(88)71-44(29(5)78)54(91)72-43(28(4)77)53(90)70-38(25-76)50(87)65-27(3)46(83)66-34(10-7-19-64-58(62)63)55(92)74-20-9-12-40(74)52(89)73-45(30(6)79)57(94)95/h13-16,26-30,33-40,43-45,76-80H,7-12,17-25,59H2,1-6H3,(H2,60,81)(H2,61,82)(H,65,87)(H,66,83)(H,67,85)(H,68,84)(H,69,86)(H,70,90)(H,71,88)(H,72,91)(H,73,89)(H,94,95)(H4,62,63,64)/t27-,28+,29+,30+,33-,34-,35-,36-,37-,38-,39-,40-,43-,44-,45-/m0/s1. The second-order valence-electron chi connectivity index (χ2n) is 23.8. The van der Waals surface area contributed by atoms with E-state index in [9.17, 15) is 97.8 Å². The van der Waals surface area contributed by atoms with Crippen molar-refractivity contribution in [1.29, 1.82) is 0 Å². The second kappa shape index (κ2) is 38.1. The summed E-state index contributed by atoms with van der Waals surface area (Å²) in [5.74, 6) is -15.3. The summed E-state index contributed by atoms with van der Waals surface area (Å²) in [5.41, 5.74) is 28.4. The first-order valence-corrected chi connectivity index (χ1v) is 30.9. The highest BCUT2D eigenvalue weighted by atomic mass is 16.4. The molecule has 0 unspecified atom stereocenters. The number of aliphatic imine (C=N–C) groups is 1. The monoisotopic (exact) mass is 1350 g/mol. The number of aliphatic carboxylic acids is 1. The van der Waals surface area contributed by atoms with Gasteiger partial charge >= 0.3 is 5.97 Å². The number of primary amides is 2. The molecular weight excluding hydrogens is 1250 g/mol. The van der Waals surface area contributed by atoms with Gasteiger partial charge in [-0.05, 0) is 109 Å². The number of carboxylic acid groups (broad SMARTS) is 1. The Hall–Kier alpha value is -9.33. The minimum Gasteiger partial charge on any atom is -0.508 e. The molecule has 0 radical (unpaired) electrons. The fourth-order valence-electron chi connectivity index (χ4n) is 10.3. The van der Waals surface area contributed by atoms with Crippen molar-refractivity contribution in [2.75, 3.05) is 26.2 Å². The van der Waals surface area contributed by atoms with E-state index >= 15 is 0 Å². The van der Waals surface area contributed by atoms with Crippen LogP contribution in [-0.4, -0.2) is 246 Å². The largest absolute Gasteiger partial charge is 0.508 e. The number of likely N-dealkylation sites (tertiary alicyclic amines) is 2. The number of amides is 13. The van der Waals surface area contributed by atoms with Gasteiger partial charge in [-0.1, -0.05) is 26.0 Å². The minimum atomic E-state index is -1.98. The van der Waals surface area contributed by atoms with E-state index in [0.717, 1.165) is 30.6 Å². The number of aliphatic hydroxyl groups is 4.